The van der Waals surface area contributed by atoms with Crippen molar-refractivity contribution in [3.8, 4) is 0 Å². The van der Waals surface area contributed by atoms with Crippen LogP contribution in [-0.2, 0) is 13.2 Å². The number of fused-ring (bicyclic) bond motifs is 1. The number of pyridine rings is 1. The van der Waals surface area contributed by atoms with Crippen LogP contribution in [0.2, 0.25) is 5.15 Å². The van der Waals surface area contributed by atoms with E-state index in [1.54, 1.807) is 6.07 Å². The van der Waals surface area contributed by atoms with E-state index in [1.165, 1.54) is 0 Å². The zero-order valence-electron chi connectivity index (χ0n) is 10.0. The number of halogens is 1. The molecule has 0 unspecified atom stereocenters. The summed E-state index contributed by atoms with van der Waals surface area (Å²) in [5.41, 5.74) is 1.53. The van der Waals surface area contributed by atoms with Crippen LogP contribution in [0.15, 0.2) is 12.1 Å². The van der Waals surface area contributed by atoms with Gasteiger partial charge in [-0.15, -0.1) is 0 Å². The molecular formula is C12H16ClN3O. The summed E-state index contributed by atoms with van der Waals surface area (Å²) in [5, 5.41) is 9.74. The lowest BCUT2D eigenvalue weighted by atomic mass is 10.1. The highest BCUT2D eigenvalue weighted by atomic mass is 35.5. The van der Waals surface area contributed by atoms with Gasteiger partial charge in [0, 0.05) is 6.54 Å². The summed E-state index contributed by atoms with van der Waals surface area (Å²) in [4.78, 5) is 8.44. The molecule has 0 aromatic carbocycles. The molecule has 0 aliphatic carbocycles. The third kappa shape index (κ3) is 2.58. The zero-order chi connectivity index (χ0) is 12.4. The molecule has 2 aromatic heterocycles. The van der Waals surface area contributed by atoms with E-state index in [2.05, 4.69) is 23.8 Å². The molecule has 1 N–H and O–H groups in total. The number of nitrogens with zero attached hydrogens (tertiary/aromatic N) is 3. The van der Waals surface area contributed by atoms with Crippen molar-refractivity contribution in [2.24, 2.45) is 5.92 Å². The van der Waals surface area contributed by atoms with Gasteiger partial charge in [-0.2, -0.15) is 0 Å². The first-order valence-electron chi connectivity index (χ1n) is 5.74. The van der Waals surface area contributed by atoms with Crippen LogP contribution in [0.25, 0.3) is 11.2 Å². The first-order chi connectivity index (χ1) is 8.11. The Bertz CT molecular complexity index is 522. The first-order valence-corrected chi connectivity index (χ1v) is 6.12. The standard InChI is InChI=1S/C12H16ClN3O/c1-8(2)5-6-16-9-3-4-10(13)14-12(9)15-11(16)7-17/h3-4,8,17H,5-7H2,1-2H3. The smallest absolute Gasteiger partial charge is 0.179 e. The molecule has 0 saturated carbocycles. The van der Waals surface area contributed by atoms with Gasteiger partial charge in [0.15, 0.2) is 5.65 Å². The fourth-order valence-electron chi connectivity index (χ4n) is 1.79. The van der Waals surface area contributed by atoms with Crippen LogP contribution in [-0.4, -0.2) is 19.6 Å². The van der Waals surface area contributed by atoms with E-state index in [9.17, 15) is 5.11 Å². The van der Waals surface area contributed by atoms with E-state index < -0.39 is 0 Å². The maximum atomic E-state index is 9.31. The summed E-state index contributed by atoms with van der Waals surface area (Å²) >= 11 is 5.83. The molecule has 0 spiro atoms. The quantitative estimate of drug-likeness (QED) is 0.853. The van der Waals surface area contributed by atoms with Gasteiger partial charge in [-0.25, -0.2) is 9.97 Å². The summed E-state index contributed by atoms with van der Waals surface area (Å²) in [5.74, 6) is 1.26. The van der Waals surface area contributed by atoms with Gasteiger partial charge in [0.1, 0.15) is 17.6 Å². The number of hydrogen-bond donors (Lipinski definition) is 1. The third-order valence-electron chi connectivity index (χ3n) is 2.73. The highest BCUT2D eigenvalue weighted by Crippen LogP contribution is 2.18. The molecule has 0 radical (unpaired) electrons. The van der Waals surface area contributed by atoms with Crippen molar-refractivity contribution >= 4 is 22.8 Å². The van der Waals surface area contributed by atoms with E-state index in [0.29, 0.717) is 22.5 Å². The number of aliphatic hydroxyl groups is 1. The van der Waals surface area contributed by atoms with Gasteiger partial charge in [-0.1, -0.05) is 25.4 Å². The molecule has 0 aliphatic rings. The molecule has 0 amide bonds. The fraction of sp³-hybridized carbons (Fsp3) is 0.500. The second kappa shape index (κ2) is 5.02. The van der Waals surface area contributed by atoms with Gasteiger partial charge < -0.3 is 9.67 Å². The van der Waals surface area contributed by atoms with Crippen LogP contribution in [0.4, 0.5) is 0 Å². The van der Waals surface area contributed by atoms with Gasteiger partial charge in [0.2, 0.25) is 0 Å². The second-order valence-electron chi connectivity index (χ2n) is 4.50. The number of imidazole rings is 1. The molecule has 0 atom stereocenters. The maximum absolute atomic E-state index is 9.31. The molecule has 4 nitrogen and oxygen atoms in total. The van der Waals surface area contributed by atoms with Crippen LogP contribution in [0.1, 0.15) is 26.1 Å². The fourth-order valence-corrected chi connectivity index (χ4v) is 1.93. The van der Waals surface area contributed by atoms with E-state index in [1.807, 2.05) is 10.6 Å². The predicted molar refractivity (Wildman–Crippen MR) is 67.9 cm³/mol. The number of hydrogen-bond acceptors (Lipinski definition) is 3. The van der Waals surface area contributed by atoms with Gasteiger partial charge in [0.25, 0.3) is 0 Å². The number of aliphatic hydroxyl groups excluding tert-OH is 1. The Balaban J connectivity index is 2.43. The number of aryl methyl sites for hydroxylation is 1. The Morgan fingerprint density at radius 1 is 1.35 bits per heavy atom. The molecule has 0 saturated heterocycles. The predicted octanol–water partition coefficient (Wildman–Crippen LogP) is 2.62. The Labute approximate surface area is 105 Å². The third-order valence-corrected chi connectivity index (χ3v) is 2.94. The van der Waals surface area contributed by atoms with Crippen molar-refractivity contribution in [3.05, 3.63) is 23.1 Å². The summed E-state index contributed by atoms with van der Waals surface area (Å²) in [6.07, 6.45) is 1.04. The average Bonchev–Trinajstić information content (AvgIpc) is 2.63. The molecule has 2 rings (SSSR count). The zero-order valence-corrected chi connectivity index (χ0v) is 10.8. The van der Waals surface area contributed by atoms with Gasteiger partial charge in [-0.05, 0) is 24.5 Å². The Morgan fingerprint density at radius 2 is 2.12 bits per heavy atom. The van der Waals surface area contributed by atoms with Crippen molar-refractivity contribution < 1.29 is 5.11 Å². The molecule has 2 heterocycles. The lowest BCUT2D eigenvalue weighted by Gasteiger charge is -2.09. The highest BCUT2D eigenvalue weighted by molar-refractivity contribution is 6.29. The average molecular weight is 254 g/mol. The molecule has 5 heteroatoms. The maximum Gasteiger partial charge on any atom is 0.179 e. The molecule has 92 valence electrons. The lowest BCUT2D eigenvalue weighted by Crippen LogP contribution is -2.06. The van der Waals surface area contributed by atoms with E-state index in [0.717, 1.165) is 18.5 Å². The second-order valence-corrected chi connectivity index (χ2v) is 4.88. The first kappa shape index (κ1) is 12.3. The summed E-state index contributed by atoms with van der Waals surface area (Å²) < 4.78 is 2.01. The van der Waals surface area contributed by atoms with Gasteiger partial charge >= 0.3 is 0 Å². The van der Waals surface area contributed by atoms with Crippen LogP contribution >= 0.6 is 11.6 Å². The normalized spacial score (nSPS) is 11.6. The monoisotopic (exact) mass is 253 g/mol. The van der Waals surface area contributed by atoms with E-state index in [-0.39, 0.29) is 6.61 Å². The van der Waals surface area contributed by atoms with E-state index in [4.69, 9.17) is 11.6 Å². The molecule has 0 bridgehead atoms. The molecular weight excluding hydrogens is 238 g/mol. The summed E-state index contributed by atoms with van der Waals surface area (Å²) in [6.45, 7) is 5.11. The van der Waals surface area contributed by atoms with Crippen LogP contribution in [0.5, 0.6) is 0 Å². The molecule has 17 heavy (non-hydrogen) atoms. The topological polar surface area (TPSA) is 50.9 Å². The summed E-state index contributed by atoms with van der Waals surface area (Å²) in [6, 6.07) is 3.65. The van der Waals surface area contributed by atoms with Crippen molar-refractivity contribution in [1.82, 2.24) is 14.5 Å². The van der Waals surface area contributed by atoms with Gasteiger partial charge in [-0.3, -0.25) is 0 Å². The van der Waals surface area contributed by atoms with E-state index >= 15 is 0 Å². The molecule has 2 aromatic rings. The minimum atomic E-state index is -0.0773. The number of rotatable bonds is 4. The van der Waals surface area contributed by atoms with Crippen LogP contribution in [0.3, 0.4) is 0 Å². The highest BCUT2D eigenvalue weighted by Gasteiger charge is 2.11. The Kier molecular flexibility index (Phi) is 3.64. The lowest BCUT2D eigenvalue weighted by molar-refractivity contribution is 0.264. The van der Waals surface area contributed by atoms with Crippen molar-refractivity contribution in [2.45, 2.75) is 33.4 Å². The van der Waals surface area contributed by atoms with Crippen LogP contribution in [0, 0.1) is 5.92 Å². The Hall–Kier alpha value is -1.13. The molecule has 0 fully saturated rings. The number of aromatic nitrogens is 3. The largest absolute Gasteiger partial charge is 0.388 e. The van der Waals surface area contributed by atoms with Crippen molar-refractivity contribution in [1.29, 1.82) is 0 Å². The molecule has 0 aliphatic heterocycles. The van der Waals surface area contributed by atoms with Crippen LogP contribution < -0.4 is 0 Å². The summed E-state index contributed by atoms with van der Waals surface area (Å²) in [7, 11) is 0. The minimum Gasteiger partial charge on any atom is -0.388 e. The SMILES string of the molecule is CC(C)CCn1c(CO)nc2nc(Cl)ccc21. The van der Waals surface area contributed by atoms with Crippen molar-refractivity contribution in [3.63, 3.8) is 0 Å². The Morgan fingerprint density at radius 3 is 2.76 bits per heavy atom. The van der Waals surface area contributed by atoms with Gasteiger partial charge in [0.05, 0.1) is 5.52 Å². The minimum absolute atomic E-state index is 0.0773. The van der Waals surface area contributed by atoms with Crippen molar-refractivity contribution in [2.75, 3.05) is 0 Å².